The van der Waals surface area contributed by atoms with E-state index in [9.17, 15) is 0 Å². The van der Waals surface area contributed by atoms with Gasteiger partial charge in [0.2, 0.25) is 0 Å². The van der Waals surface area contributed by atoms with Gasteiger partial charge in [-0.15, -0.1) is 0 Å². The summed E-state index contributed by atoms with van der Waals surface area (Å²) in [6.45, 7) is 11.2. The first-order valence-corrected chi connectivity index (χ1v) is 8.07. The van der Waals surface area contributed by atoms with Crippen LogP contribution in [-0.4, -0.2) is 59.8 Å². The fourth-order valence-electron chi connectivity index (χ4n) is 3.53. The molecule has 3 heterocycles. The van der Waals surface area contributed by atoms with Crippen molar-refractivity contribution in [3.05, 3.63) is 17.6 Å². The molecule has 2 saturated heterocycles. The Morgan fingerprint density at radius 1 is 1.29 bits per heavy atom. The summed E-state index contributed by atoms with van der Waals surface area (Å²) >= 11 is 0. The first-order valence-electron chi connectivity index (χ1n) is 8.07. The monoisotopic (exact) mass is 290 g/mol. The summed E-state index contributed by atoms with van der Waals surface area (Å²) in [6.07, 6.45) is 4.30. The molecule has 2 atom stereocenters. The third kappa shape index (κ3) is 3.04. The van der Waals surface area contributed by atoms with Crippen molar-refractivity contribution in [1.29, 1.82) is 0 Å². The number of hydrogen-bond acceptors (Lipinski definition) is 5. The summed E-state index contributed by atoms with van der Waals surface area (Å²) in [4.78, 5) is 14.2. The number of rotatable bonds is 3. The van der Waals surface area contributed by atoms with Gasteiger partial charge in [0.15, 0.2) is 0 Å². The molecule has 116 valence electrons. The molecular weight excluding hydrogens is 264 g/mol. The van der Waals surface area contributed by atoms with E-state index in [0.717, 1.165) is 50.1 Å². The van der Waals surface area contributed by atoms with Gasteiger partial charge in [0.05, 0.1) is 30.6 Å². The predicted octanol–water partition coefficient (Wildman–Crippen LogP) is 1.78. The average Bonchev–Trinajstić information content (AvgIpc) is 2.50. The van der Waals surface area contributed by atoms with Gasteiger partial charge in [0, 0.05) is 31.9 Å². The van der Waals surface area contributed by atoms with E-state index < -0.39 is 0 Å². The highest BCUT2D eigenvalue weighted by molar-refractivity contribution is 5.44. The van der Waals surface area contributed by atoms with Gasteiger partial charge in [-0.1, -0.05) is 13.3 Å². The van der Waals surface area contributed by atoms with E-state index in [1.165, 1.54) is 12.8 Å². The molecule has 3 rings (SSSR count). The zero-order chi connectivity index (χ0) is 14.8. The Labute approximate surface area is 127 Å². The number of anilines is 1. The molecule has 21 heavy (non-hydrogen) atoms. The van der Waals surface area contributed by atoms with Crippen LogP contribution in [0.1, 0.15) is 31.2 Å². The van der Waals surface area contributed by atoms with Gasteiger partial charge in [-0.3, -0.25) is 9.88 Å². The second-order valence-electron chi connectivity index (χ2n) is 6.24. The van der Waals surface area contributed by atoms with Crippen LogP contribution in [0.15, 0.2) is 6.20 Å². The maximum absolute atomic E-state index is 5.84. The smallest absolute Gasteiger partial charge is 0.150 e. The minimum atomic E-state index is 0.491. The lowest BCUT2D eigenvalue weighted by molar-refractivity contribution is -0.0558. The number of ether oxygens (including phenoxy) is 1. The summed E-state index contributed by atoms with van der Waals surface area (Å²) in [5, 5.41) is 0. The molecule has 2 fully saturated rings. The van der Waals surface area contributed by atoms with Crippen LogP contribution in [0.25, 0.3) is 0 Å². The Hall–Kier alpha value is -1.20. The standard InChI is InChI=1S/C16H26N4O/c1-4-5-14-10-21-11-15-9-19(6-7-20(14)15)16-13(3)17-8-12(2)18-16/h8,14-15H,4-7,9-11H2,1-3H3/t14-,15+/m0/s1. The lowest BCUT2D eigenvalue weighted by Gasteiger charge is -2.48. The molecule has 0 saturated carbocycles. The van der Waals surface area contributed by atoms with E-state index in [1.54, 1.807) is 0 Å². The zero-order valence-electron chi connectivity index (χ0n) is 13.4. The summed E-state index contributed by atoms with van der Waals surface area (Å²) in [7, 11) is 0. The second-order valence-corrected chi connectivity index (χ2v) is 6.24. The van der Waals surface area contributed by atoms with Crippen LogP contribution in [0.2, 0.25) is 0 Å². The molecule has 0 spiro atoms. The lowest BCUT2D eigenvalue weighted by Crippen LogP contribution is -2.62. The summed E-state index contributed by atoms with van der Waals surface area (Å²) in [5.74, 6) is 1.05. The van der Waals surface area contributed by atoms with Crippen LogP contribution in [-0.2, 0) is 4.74 Å². The molecule has 2 aliphatic rings. The summed E-state index contributed by atoms with van der Waals surface area (Å²) in [6, 6.07) is 1.09. The molecule has 0 aromatic carbocycles. The van der Waals surface area contributed by atoms with Crippen LogP contribution in [0.3, 0.4) is 0 Å². The van der Waals surface area contributed by atoms with E-state index in [1.807, 2.05) is 20.0 Å². The molecule has 5 heteroatoms. The predicted molar refractivity (Wildman–Crippen MR) is 83.7 cm³/mol. The minimum absolute atomic E-state index is 0.491. The number of fused-ring (bicyclic) bond motifs is 1. The third-order valence-corrected chi connectivity index (χ3v) is 4.59. The molecule has 0 amide bonds. The number of aryl methyl sites for hydroxylation is 2. The number of piperazine rings is 1. The molecule has 1 aromatic rings. The maximum Gasteiger partial charge on any atom is 0.150 e. The van der Waals surface area contributed by atoms with Gasteiger partial charge in [-0.05, 0) is 20.3 Å². The van der Waals surface area contributed by atoms with Crippen molar-refractivity contribution in [3.63, 3.8) is 0 Å². The van der Waals surface area contributed by atoms with Crippen LogP contribution in [0, 0.1) is 13.8 Å². The van der Waals surface area contributed by atoms with Crippen LogP contribution in [0.4, 0.5) is 5.82 Å². The Morgan fingerprint density at radius 3 is 2.95 bits per heavy atom. The van der Waals surface area contributed by atoms with Crippen LogP contribution < -0.4 is 4.90 Å². The van der Waals surface area contributed by atoms with Crippen molar-refractivity contribution < 1.29 is 4.74 Å². The molecule has 0 bridgehead atoms. The van der Waals surface area contributed by atoms with Gasteiger partial charge < -0.3 is 9.64 Å². The SMILES string of the molecule is CCC[C@H]1COC[C@H]2CN(c3nc(C)cnc3C)CCN12. The van der Waals surface area contributed by atoms with Gasteiger partial charge >= 0.3 is 0 Å². The topological polar surface area (TPSA) is 41.5 Å². The summed E-state index contributed by atoms with van der Waals surface area (Å²) in [5.41, 5.74) is 2.01. The first-order chi connectivity index (χ1) is 10.2. The fourth-order valence-corrected chi connectivity index (χ4v) is 3.53. The maximum atomic E-state index is 5.84. The second kappa shape index (κ2) is 6.28. The highest BCUT2D eigenvalue weighted by Crippen LogP contribution is 2.25. The molecular formula is C16H26N4O. The molecule has 2 aliphatic heterocycles. The highest BCUT2D eigenvalue weighted by atomic mass is 16.5. The quantitative estimate of drug-likeness (QED) is 0.849. The Morgan fingerprint density at radius 2 is 2.14 bits per heavy atom. The number of aromatic nitrogens is 2. The fraction of sp³-hybridized carbons (Fsp3) is 0.750. The Bertz CT molecular complexity index is 491. The molecule has 0 unspecified atom stereocenters. The van der Waals surface area contributed by atoms with Crippen LogP contribution >= 0.6 is 0 Å². The van der Waals surface area contributed by atoms with Gasteiger partial charge in [-0.25, -0.2) is 4.98 Å². The summed E-state index contributed by atoms with van der Waals surface area (Å²) < 4.78 is 5.84. The van der Waals surface area contributed by atoms with Crippen molar-refractivity contribution in [2.24, 2.45) is 0 Å². The van der Waals surface area contributed by atoms with Crippen LogP contribution in [0.5, 0.6) is 0 Å². The largest absolute Gasteiger partial charge is 0.378 e. The number of hydrogen-bond donors (Lipinski definition) is 0. The zero-order valence-corrected chi connectivity index (χ0v) is 13.4. The van der Waals surface area contributed by atoms with E-state index in [0.29, 0.717) is 12.1 Å². The Kier molecular flexibility index (Phi) is 4.40. The minimum Gasteiger partial charge on any atom is -0.378 e. The van der Waals surface area contributed by atoms with Crippen molar-refractivity contribution in [1.82, 2.24) is 14.9 Å². The van der Waals surface area contributed by atoms with Crippen molar-refractivity contribution >= 4 is 5.82 Å². The van der Waals surface area contributed by atoms with Crippen molar-refractivity contribution in [2.45, 2.75) is 45.7 Å². The molecule has 5 nitrogen and oxygen atoms in total. The Balaban J connectivity index is 1.74. The molecule has 1 aromatic heterocycles. The molecule has 0 aliphatic carbocycles. The van der Waals surface area contributed by atoms with E-state index in [4.69, 9.17) is 9.72 Å². The van der Waals surface area contributed by atoms with Gasteiger partial charge in [0.1, 0.15) is 5.82 Å². The number of nitrogens with zero attached hydrogens (tertiary/aromatic N) is 4. The lowest BCUT2D eigenvalue weighted by atomic mass is 10.0. The van der Waals surface area contributed by atoms with Crippen molar-refractivity contribution in [3.8, 4) is 0 Å². The van der Waals surface area contributed by atoms with Gasteiger partial charge in [0.25, 0.3) is 0 Å². The molecule has 0 radical (unpaired) electrons. The third-order valence-electron chi connectivity index (χ3n) is 4.59. The van der Waals surface area contributed by atoms with Crippen molar-refractivity contribution in [2.75, 3.05) is 37.7 Å². The van der Waals surface area contributed by atoms with E-state index in [-0.39, 0.29) is 0 Å². The van der Waals surface area contributed by atoms with E-state index in [2.05, 4.69) is 21.7 Å². The number of morpholine rings is 1. The normalized spacial score (nSPS) is 26.7. The van der Waals surface area contributed by atoms with Gasteiger partial charge in [-0.2, -0.15) is 0 Å². The molecule has 0 N–H and O–H groups in total. The van der Waals surface area contributed by atoms with E-state index >= 15 is 0 Å². The first kappa shape index (κ1) is 14.7. The highest BCUT2D eigenvalue weighted by Gasteiger charge is 2.35. The average molecular weight is 290 g/mol.